The van der Waals surface area contributed by atoms with Gasteiger partial charge in [0.25, 0.3) is 5.69 Å². The molecule has 1 rings (SSSR count). The van der Waals surface area contributed by atoms with Crippen molar-refractivity contribution in [1.29, 1.82) is 0 Å². The van der Waals surface area contributed by atoms with Crippen LogP contribution in [0.1, 0.15) is 19.4 Å². The van der Waals surface area contributed by atoms with Crippen LogP contribution < -0.4 is 4.72 Å². The molecular formula is C12H16N2O5S. The number of ketones is 1. The topological polar surface area (TPSA) is 106 Å². The van der Waals surface area contributed by atoms with Gasteiger partial charge in [-0.25, -0.2) is 13.1 Å². The van der Waals surface area contributed by atoms with E-state index in [2.05, 4.69) is 4.72 Å². The van der Waals surface area contributed by atoms with Crippen LogP contribution in [0.3, 0.4) is 0 Å². The molecular weight excluding hydrogens is 284 g/mol. The first-order valence-corrected chi connectivity index (χ1v) is 7.41. The maximum Gasteiger partial charge on any atom is 0.289 e. The number of nitro groups is 1. The highest BCUT2D eigenvalue weighted by Gasteiger charge is 2.28. The molecule has 0 aliphatic heterocycles. The maximum atomic E-state index is 12.1. The van der Waals surface area contributed by atoms with Crippen molar-refractivity contribution in [3.63, 3.8) is 0 Å². The molecule has 8 heteroatoms. The summed E-state index contributed by atoms with van der Waals surface area (Å²) in [6.45, 7) is 4.37. The van der Waals surface area contributed by atoms with Crippen molar-refractivity contribution >= 4 is 21.5 Å². The molecule has 0 unspecified atom stereocenters. The van der Waals surface area contributed by atoms with E-state index in [4.69, 9.17) is 0 Å². The van der Waals surface area contributed by atoms with Gasteiger partial charge in [-0.3, -0.25) is 14.9 Å². The number of rotatable bonds is 6. The molecule has 20 heavy (non-hydrogen) atoms. The summed E-state index contributed by atoms with van der Waals surface area (Å²) in [5.74, 6) is -0.602. The summed E-state index contributed by atoms with van der Waals surface area (Å²) < 4.78 is 26.4. The summed E-state index contributed by atoms with van der Waals surface area (Å²) in [4.78, 5) is 21.2. The molecule has 0 heterocycles. The lowest BCUT2D eigenvalue weighted by atomic mass is 10.1. The maximum absolute atomic E-state index is 12.1. The standard InChI is InChI=1S/C12H16N2O5S/c1-8(2)11(15)7-13-20(18,19)12-9(3)5-4-6-10(12)14(16)17/h4-6,8,13H,7H2,1-3H3. The van der Waals surface area contributed by atoms with Gasteiger partial charge in [0.05, 0.1) is 11.5 Å². The van der Waals surface area contributed by atoms with E-state index < -0.39 is 25.5 Å². The van der Waals surface area contributed by atoms with Crippen LogP contribution >= 0.6 is 0 Å². The van der Waals surface area contributed by atoms with E-state index in [1.54, 1.807) is 13.8 Å². The second kappa shape index (κ2) is 6.10. The predicted molar refractivity (Wildman–Crippen MR) is 72.9 cm³/mol. The van der Waals surface area contributed by atoms with Crippen LogP contribution in [0.25, 0.3) is 0 Å². The number of nitro benzene ring substituents is 1. The van der Waals surface area contributed by atoms with Gasteiger partial charge in [0.1, 0.15) is 5.78 Å². The average molecular weight is 300 g/mol. The molecule has 110 valence electrons. The van der Waals surface area contributed by atoms with Crippen molar-refractivity contribution in [1.82, 2.24) is 4.72 Å². The first kappa shape index (κ1) is 16.3. The Kier molecular flexibility index (Phi) is 4.96. The Morgan fingerprint density at radius 2 is 2.00 bits per heavy atom. The van der Waals surface area contributed by atoms with Crippen LogP contribution in [0.15, 0.2) is 23.1 Å². The lowest BCUT2D eigenvalue weighted by Crippen LogP contribution is -2.32. The fourth-order valence-corrected chi connectivity index (χ4v) is 2.96. The number of nitrogens with zero attached hydrogens (tertiary/aromatic N) is 1. The van der Waals surface area contributed by atoms with Crippen LogP contribution in [0.4, 0.5) is 5.69 Å². The predicted octanol–water partition coefficient (Wildman–Crippen LogP) is 1.41. The first-order valence-electron chi connectivity index (χ1n) is 5.93. The number of nitrogens with one attached hydrogen (secondary N) is 1. The Balaban J connectivity index is 3.16. The molecule has 0 spiro atoms. The zero-order valence-corrected chi connectivity index (χ0v) is 12.2. The normalized spacial score (nSPS) is 11.6. The molecule has 0 saturated carbocycles. The molecule has 0 aromatic heterocycles. The number of hydrogen-bond donors (Lipinski definition) is 1. The van der Waals surface area contributed by atoms with E-state index in [1.807, 2.05) is 0 Å². The summed E-state index contributed by atoms with van der Waals surface area (Å²) in [7, 11) is -4.11. The van der Waals surface area contributed by atoms with Crippen molar-refractivity contribution < 1.29 is 18.1 Å². The molecule has 0 radical (unpaired) electrons. The number of sulfonamides is 1. The molecule has 1 aromatic carbocycles. The number of Topliss-reactive ketones (excluding diaryl/α,β-unsaturated/α-hetero) is 1. The van der Waals surface area contributed by atoms with Gasteiger partial charge in [-0.2, -0.15) is 0 Å². The lowest BCUT2D eigenvalue weighted by Gasteiger charge is -2.10. The molecule has 0 fully saturated rings. The van der Waals surface area contributed by atoms with Crippen LogP contribution in [0.5, 0.6) is 0 Å². The average Bonchev–Trinajstić information content (AvgIpc) is 2.35. The molecule has 0 aliphatic rings. The largest absolute Gasteiger partial charge is 0.298 e. The highest BCUT2D eigenvalue weighted by molar-refractivity contribution is 7.89. The van der Waals surface area contributed by atoms with Gasteiger partial charge >= 0.3 is 0 Å². The summed E-state index contributed by atoms with van der Waals surface area (Å²) in [5.41, 5.74) is -0.252. The number of aryl methyl sites for hydroxylation is 1. The van der Waals surface area contributed by atoms with Crippen LogP contribution in [-0.2, 0) is 14.8 Å². The SMILES string of the molecule is Cc1cccc([N+](=O)[O-])c1S(=O)(=O)NCC(=O)C(C)C. The van der Waals surface area contributed by atoms with Crippen molar-refractivity contribution in [2.24, 2.45) is 5.92 Å². The highest BCUT2D eigenvalue weighted by Crippen LogP contribution is 2.26. The second-order valence-electron chi connectivity index (χ2n) is 4.63. The zero-order chi connectivity index (χ0) is 15.5. The minimum absolute atomic E-state index is 0.253. The Hall–Kier alpha value is -1.80. The van der Waals surface area contributed by atoms with Gasteiger partial charge in [-0.1, -0.05) is 26.0 Å². The van der Waals surface area contributed by atoms with E-state index in [0.717, 1.165) is 6.07 Å². The quantitative estimate of drug-likeness (QED) is 0.631. The van der Waals surface area contributed by atoms with E-state index in [9.17, 15) is 23.3 Å². The summed E-state index contributed by atoms with van der Waals surface area (Å²) in [6.07, 6.45) is 0. The summed E-state index contributed by atoms with van der Waals surface area (Å²) >= 11 is 0. The van der Waals surface area contributed by atoms with Crippen molar-refractivity contribution in [3.8, 4) is 0 Å². The number of carbonyl (C=O) groups excluding carboxylic acids is 1. The third-order valence-corrected chi connectivity index (χ3v) is 4.33. The number of benzene rings is 1. The van der Waals surface area contributed by atoms with Gasteiger partial charge in [-0.05, 0) is 12.5 Å². The first-order chi connectivity index (χ1) is 9.16. The number of hydrogen-bond acceptors (Lipinski definition) is 5. The minimum atomic E-state index is -4.11. The van der Waals surface area contributed by atoms with Crippen LogP contribution in [-0.4, -0.2) is 25.7 Å². The number of carbonyl (C=O) groups is 1. The smallest absolute Gasteiger partial charge is 0.289 e. The van der Waals surface area contributed by atoms with Crippen LogP contribution in [0.2, 0.25) is 0 Å². The molecule has 0 amide bonds. The molecule has 0 bridgehead atoms. The lowest BCUT2D eigenvalue weighted by molar-refractivity contribution is -0.387. The minimum Gasteiger partial charge on any atom is -0.298 e. The van der Waals surface area contributed by atoms with Gasteiger partial charge < -0.3 is 0 Å². The molecule has 1 N–H and O–H groups in total. The van der Waals surface area contributed by atoms with Gasteiger partial charge in [-0.15, -0.1) is 0 Å². The molecule has 0 atom stereocenters. The molecule has 0 aliphatic carbocycles. The third kappa shape index (κ3) is 3.61. The Morgan fingerprint density at radius 1 is 1.40 bits per heavy atom. The zero-order valence-electron chi connectivity index (χ0n) is 11.4. The van der Waals surface area contributed by atoms with Gasteiger partial charge in [0, 0.05) is 12.0 Å². The summed E-state index contributed by atoms with van der Waals surface area (Å²) in [5, 5.41) is 10.9. The van der Waals surface area contributed by atoms with Crippen LogP contribution in [0, 0.1) is 23.0 Å². The van der Waals surface area contributed by atoms with E-state index in [0.29, 0.717) is 0 Å². The van der Waals surface area contributed by atoms with E-state index in [1.165, 1.54) is 19.1 Å². The fraction of sp³-hybridized carbons (Fsp3) is 0.417. The summed E-state index contributed by atoms with van der Waals surface area (Å²) in [6, 6.07) is 3.99. The molecule has 1 aromatic rings. The Labute approximate surface area is 117 Å². The van der Waals surface area contributed by atoms with E-state index >= 15 is 0 Å². The monoisotopic (exact) mass is 300 g/mol. The Morgan fingerprint density at radius 3 is 2.50 bits per heavy atom. The fourth-order valence-electron chi connectivity index (χ4n) is 1.57. The van der Waals surface area contributed by atoms with Gasteiger partial charge in [0.2, 0.25) is 10.0 Å². The molecule has 7 nitrogen and oxygen atoms in total. The van der Waals surface area contributed by atoms with Crippen molar-refractivity contribution in [2.75, 3.05) is 6.54 Å². The van der Waals surface area contributed by atoms with Crippen molar-refractivity contribution in [3.05, 3.63) is 33.9 Å². The Bertz CT molecular complexity index is 637. The second-order valence-corrected chi connectivity index (χ2v) is 6.33. The van der Waals surface area contributed by atoms with Gasteiger partial charge in [0.15, 0.2) is 4.90 Å². The highest BCUT2D eigenvalue weighted by atomic mass is 32.2. The molecule has 0 saturated heterocycles. The van der Waals surface area contributed by atoms with E-state index in [-0.39, 0.29) is 23.8 Å². The van der Waals surface area contributed by atoms with Crippen molar-refractivity contribution in [2.45, 2.75) is 25.7 Å². The third-order valence-electron chi connectivity index (χ3n) is 2.74.